The Morgan fingerprint density at radius 3 is 2.19 bits per heavy atom. The standard InChI is InChI=1S/C14H19NO/c1-15-12(11-5-3-2-4-6-11)13(7-8-13)14(16)9-10-14/h2-6,12,15-16H,7-10H2,1H3. The van der Waals surface area contributed by atoms with Crippen LogP contribution in [0.5, 0.6) is 0 Å². The molecule has 1 unspecified atom stereocenters. The number of rotatable bonds is 4. The molecule has 2 nitrogen and oxygen atoms in total. The van der Waals surface area contributed by atoms with Gasteiger partial charge < -0.3 is 10.4 Å². The lowest BCUT2D eigenvalue weighted by Gasteiger charge is -2.31. The van der Waals surface area contributed by atoms with Crippen molar-refractivity contribution in [2.75, 3.05) is 7.05 Å². The number of hydrogen-bond acceptors (Lipinski definition) is 2. The van der Waals surface area contributed by atoms with Gasteiger partial charge in [-0.25, -0.2) is 0 Å². The molecule has 1 aromatic rings. The van der Waals surface area contributed by atoms with E-state index in [1.165, 1.54) is 5.56 Å². The van der Waals surface area contributed by atoms with Gasteiger partial charge >= 0.3 is 0 Å². The van der Waals surface area contributed by atoms with Gasteiger partial charge in [0.2, 0.25) is 0 Å². The number of aliphatic hydroxyl groups is 1. The van der Waals surface area contributed by atoms with E-state index in [4.69, 9.17) is 0 Å². The fourth-order valence-corrected chi connectivity index (χ4v) is 3.18. The minimum atomic E-state index is -0.378. The third-order valence-electron chi connectivity index (χ3n) is 4.41. The first-order valence-electron chi connectivity index (χ1n) is 6.16. The van der Waals surface area contributed by atoms with Gasteiger partial charge in [-0.15, -0.1) is 0 Å². The van der Waals surface area contributed by atoms with Crippen molar-refractivity contribution in [1.82, 2.24) is 5.32 Å². The summed E-state index contributed by atoms with van der Waals surface area (Å²) in [6.45, 7) is 0. The highest BCUT2D eigenvalue weighted by Gasteiger charge is 2.67. The maximum absolute atomic E-state index is 10.4. The fraction of sp³-hybridized carbons (Fsp3) is 0.571. The SMILES string of the molecule is CNC(c1ccccc1)C1(C2(O)CC2)CC1. The van der Waals surface area contributed by atoms with E-state index < -0.39 is 0 Å². The van der Waals surface area contributed by atoms with Crippen LogP contribution >= 0.6 is 0 Å². The molecule has 3 rings (SSSR count). The maximum Gasteiger partial charge on any atom is 0.0724 e. The highest BCUT2D eigenvalue weighted by Crippen LogP contribution is 2.69. The van der Waals surface area contributed by atoms with Crippen LogP contribution in [0.4, 0.5) is 0 Å². The van der Waals surface area contributed by atoms with E-state index in [9.17, 15) is 5.11 Å². The Bertz CT molecular complexity index is 379. The fourth-order valence-electron chi connectivity index (χ4n) is 3.18. The Morgan fingerprint density at radius 1 is 1.12 bits per heavy atom. The third kappa shape index (κ3) is 1.33. The van der Waals surface area contributed by atoms with Crippen LogP contribution in [0.15, 0.2) is 30.3 Å². The van der Waals surface area contributed by atoms with Crippen molar-refractivity contribution in [3.05, 3.63) is 35.9 Å². The van der Waals surface area contributed by atoms with Crippen molar-refractivity contribution >= 4 is 0 Å². The summed E-state index contributed by atoms with van der Waals surface area (Å²) in [5, 5.41) is 13.8. The summed E-state index contributed by atoms with van der Waals surface area (Å²) in [5.74, 6) is 0. The van der Waals surface area contributed by atoms with Crippen molar-refractivity contribution in [2.45, 2.75) is 37.3 Å². The molecule has 0 saturated heterocycles. The molecule has 1 atom stereocenters. The van der Waals surface area contributed by atoms with E-state index in [1.807, 2.05) is 13.1 Å². The zero-order valence-corrected chi connectivity index (χ0v) is 9.74. The molecule has 0 spiro atoms. The molecular weight excluding hydrogens is 198 g/mol. The summed E-state index contributed by atoms with van der Waals surface area (Å²) in [4.78, 5) is 0. The summed E-state index contributed by atoms with van der Waals surface area (Å²) < 4.78 is 0. The van der Waals surface area contributed by atoms with Crippen LogP contribution in [0.25, 0.3) is 0 Å². The Morgan fingerprint density at radius 2 is 1.75 bits per heavy atom. The monoisotopic (exact) mass is 217 g/mol. The van der Waals surface area contributed by atoms with Crippen LogP contribution in [0.3, 0.4) is 0 Å². The van der Waals surface area contributed by atoms with Crippen molar-refractivity contribution in [2.24, 2.45) is 5.41 Å². The molecule has 0 aliphatic heterocycles. The van der Waals surface area contributed by atoms with Crippen LogP contribution in [-0.2, 0) is 0 Å². The molecule has 2 fully saturated rings. The maximum atomic E-state index is 10.4. The highest BCUT2D eigenvalue weighted by atomic mass is 16.3. The van der Waals surface area contributed by atoms with Gasteiger partial charge in [-0.1, -0.05) is 30.3 Å². The van der Waals surface area contributed by atoms with Crippen molar-refractivity contribution in [3.63, 3.8) is 0 Å². The molecular formula is C14H19NO. The van der Waals surface area contributed by atoms with Crippen LogP contribution in [0, 0.1) is 5.41 Å². The molecule has 0 heterocycles. The van der Waals surface area contributed by atoms with Gasteiger partial charge in [-0.3, -0.25) is 0 Å². The number of nitrogens with one attached hydrogen (secondary N) is 1. The lowest BCUT2D eigenvalue weighted by atomic mass is 9.83. The summed E-state index contributed by atoms with van der Waals surface area (Å²) >= 11 is 0. The average molecular weight is 217 g/mol. The van der Waals surface area contributed by atoms with Gasteiger partial charge in [0.05, 0.1) is 5.60 Å². The molecule has 16 heavy (non-hydrogen) atoms. The molecule has 0 amide bonds. The Kier molecular flexibility index (Phi) is 2.13. The lowest BCUT2D eigenvalue weighted by Crippen LogP contribution is -2.36. The third-order valence-corrected chi connectivity index (χ3v) is 4.41. The Balaban J connectivity index is 1.92. The number of benzene rings is 1. The first-order chi connectivity index (χ1) is 7.72. The van der Waals surface area contributed by atoms with E-state index in [0.29, 0.717) is 6.04 Å². The molecule has 86 valence electrons. The second-order valence-corrected chi connectivity index (χ2v) is 5.32. The minimum absolute atomic E-state index is 0.114. The van der Waals surface area contributed by atoms with Crippen LogP contribution < -0.4 is 5.32 Å². The molecule has 1 aromatic carbocycles. The highest BCUT2D eigenvalue weighted by molar-refractivity contribution is 5.29. The molecule has 0 aromatic heterocycles. The van der Waals surface area contributed by atoms with Crippen LogP contribution in [-0.4, -0.2) is 17.8 Å². The summed E-state index contributed by atoms with van der Waals surface area (Å²) in [6, 6.07) is 10.8. The predicted octanol–water partition coefficient (Wildman–Crippen LogP) is 2.25. The molecule has 2 N–H and O–H groups in total. The first-order valence-corrected chi connectivity index (χ1v) is 6.16. The van der Waals surface area contributed by atoms with E-state index >= 15 is 0 Å². The zero-order chi connectivity index (χ0) is 11.2. The van der Waals surface area contributed by atoms with E-state index in [2.05, 4.69) is 29.6 Å². The number of hydrogen-bond donors (Lipinski definition) is 2. The zero-order valence-electron chi connectivity index (χ0n) is 9.74. The quantitative estimate of drug-likeness (QED) is 0.810. The summed E-state index contributed by atoms with van der Waals surface area (Å²) in [6.07, 6.45) is 4.28. The molecule has 0 bridgehead atoms. The largest absolute Gasteiger partial charge is 0.389 e. The topological polar surface area (TPSA) is 32.3 Å². The Labute approximate surface area is 96.7 Å². The van der Waals surface area contributed by atoms with E-state index in [1.54, 1.807) is 0 Å². The summed E-state index contributed by atoms with van der Waals surface area (Å²) in [5.41, 5.74) is 1.04. The van der Waals surface area contributed by atoms with Gasteiger partial charge in [-0.2, -0.15) is 0 Å². The second kappa shape index (κ2) is 3.31. The van der Waals surface area contributed by atoms with E-state index in [0.717, 1.165) is 25.7 Å². The van der Waals surface area contributed by atoms with Gasteiger partial charge in [0.15, 0.2) is 0 Å². The van der Waals surface area contributed by atoms with Crippen molar-refractivity contribution < 1.29 is 5.11 Å². The van der Waals surface area contributed by atoms with Crippen molar-refractivity contribution in [1.29, 1.82) is 0 Å². The van der Waals surface area contributed by atoms with Gasteiger partial charge in [-0.05, 0) is 38.3 Å². The predicted molar refractivity (Wildman–Crippen MR) is 64.1 cm³/mol. The molecule has 2 saturated carbocycles. The van der Waals surface area contributed by atoms with Gasteiger partial charge in [0, 0.05) is 11.5 Å². The lowest BCUT2D eigenvalue weighted by molar-refractivity contribution is 0.0435. The van der Waals surface area contributed by atoms with Crippen molar-refractivity contribution in [3.8, 4) is 0 Å². The van der Waals surface area contributed by atoms with Gasteiger partial charge in [0.1, 0.15) is 0 Å². The summed E-state index contributed by atoms with van der Waals surface area (Å²) in [7, 11) is 2.00. The second-order valence-electron chi connectivity index (χ2n) is 5.32. The van der Waals surface area contributed by atoms with E-state index in [-0.39, 0.29) is 11.0 Å². The smallest absolute Gasteiger partial charge is 0.0724 e. The first kappa shape index (κ1) is 10.3. The average Bonchev–Trinajstić information content (AvgIpc) is 3.19. The molecule has 0 radical (unpaired) electrons. The Hall–Kier alpha value is -0.860. The van der Waals surface area contributed by atoms with Crippen LogP contribution in [0.1, 0.15) is 37.3 Å². The molecule has 2 heteroatoms. The minimum Gasteiger partial charge on any atom is -0.389 e. The van der Waals surface area contributed by atoms with Crippen LogP contribution in [0.2, 0.25) is 0 Å². The molecule has 2 aliphatic carbocycles. The normalized spacial score (nSPS) is 26.1. The van der Waals surface area contributed by atoms with Gasteiger partial charge in [0.25, 0.3) is 0 Å². The molecule has 2 aliphatic rings.